The van der Waals surface area contributed by atoms with E-state index in [1.54, 1.807) is 25.1 Å². The predicted octanol–water partition coefficient (Wildman–Crippen LogP) is 2.52. The van der Waals surface area contributed by atoms with Gasteiger partial charge in [-0.2, -0.15) is 18.6 Å². The predicted molar refractivity (Wildman–Crippen MR) is 201 cm³/mol. The molecule has 0 fully saturated rings. The summed E-state index contributed by atoms with van der Waals surface area (Å²) in [6, 6.07) is 26.0. The van der Waals surface area contributed by atoms with E-state index in [9.17, 15) is 44.5 Å². The maximum Gasteiger partial charge on any atom is 1.00 e. The molecule has 6 rings (SSSR count). The van der Waals surface area contributed by atoms with Crippen molar-refractivity contribution in [2.45, 2.75) is 28.5 Å². The topological polar surface area (TPSA) is 262 Å². The Labute approximate surface area is 376 Å². The molecule has 0 unspecified atom stereocenters. The van der Waals surface area contributed by atoms with Crippen LogP contribution in [0.3, 0.4) is 0 Å². The third-order valence-electron chi connectivity index (χ3n) is 8.04. The number of azo groups is 2. The molecule has 22 heteroatoms. The molecule has 0 amide bonds. The second kappa shape index (κ2) is 18.6. The minimum atomic E-state index is -5.07. The van der Waals surface area contributed by atoms with E-state index >= 15 is 0 Å². The first-order valence-electron chi connectivity index (χ1n) is 16.0. The Hall–Kier alpha value is -4.45. The molecule has 0 bridgehead atoms. The van der Waals surface area contributed by atoms with Crippen LogP contribution in [0.4, 0.5) is 39.8 Å². The van der Waals surface area contributed by atoms with Crippen molar-refractivity contribution in [3.05, 3.63) is 137 Å². The maximum absolute atomic E-state index is 12.7. The number of anilines is 2. The number of benzene rings is 6. The Morgan fingerprint density at radius 3 is 1.79 bits per heavy atom. The van der Waals surface area contributed by atoms with Gasteiger partial charge in [0, 0.05) is 28.6 Å². The second-order valence-corrected chi connectivity index (χ2v) is 16.3. The third kappa shape index (κ3) is 11.2. The summed E-state index contributed by atoms with van der Waals surface area (Å²) >= 11 is 0. The van der Waals surface area contributed by atoms with E-state index in [2.05, 4.69) is 25.8 Å². The van der Waals surface area contributed by atoms with Crippen molar-refractivity contribution in [2.75, 3.05) is 5.32 Å². The first-order chi connectivity index (χ1) is 26.4. The molecule has 0 atom stereocenters. The summed E-state index contributed by atoms with van der Waals surface area (Å²) in [5, 5.41) is 31.4. The fourth-order valence-corrected chi connectivity index (χ4v) is 7.29. The van der Waals surface area contributed by atoms with Gasteiger partial charge in [0.2, 0.25) is 0 Å². The van der Waals surface area contributed by atoms with Crippen molar-refractivity contribution in [1.82, 2.24) is 0 Å². The molecule has 6 aromatic carbocycles. The zero-order valence-electron chi connectivity index (χ0n) is 30.9. The number of non-ortho nitro benzene ring substituents is 1. The largest absolute Gasteiger partial charge is 1.00 e. The van der Waals surface area contributed by atoms with Crippen molar-refractivity contribution >= 4 is 80.9 Å². The van der Waals surface area contributed by atoms with E-state index in [-0.39, 0.29) is 97.9 Å². The van der Waals surface area contributed by atoms with Crippen molar-refractivity contribution in [2.24, 2.45) is 20.5 Å². The van der Waals surface area contributed by atoms with Gasteiger partial charge < -0.3 is 18.6 Å². The Bertz CT molecular complexity index is 2930. The van der Waals surface area contributed by atoms with Crippen LogP contribution in [0.25, 0.3) is 10.8 Å². The van der Waals surface area contributed by atoms with Crippen LogP contribution in [0.1, 0.15) is 11.1 Å². The first-order valence-corrected chi connectivity index (χ1v) is 20.2. The summed E-state index contributed by atoms with van der Waals surface area (Å²) in [6.45, 7) is 3.51. The number of nitro benzene ring substituents is 1. The van der Waals surface area contributed by atoms with Crippen LogP contribution in [0.5, 0.6) is 5.75 Å². The summed E-state index contributed by atoms with van der Waals surface area (Å²) in [7, 11) is -14.0. The number of nitrogens with one attached hydrogen (secondary N) is 1. The fourth-order valence-electron chi connectivity index (χ4n) is 5.22. The minimum Gasteiger partial charge on any atom is -0.744 e. The number of hydrogen-bond donors (Lipinski definition) is 1. The molecule has 0 saturated heterocycles. The van der Waals surface area contributed by atoms with Gasteiger partial charge in [-0.3, -0.25) is 10.1 Å². The molecular formula is C36H26N6Na2O11S3. The molecule has 0 aromatic heterocycles. The molecule has 0 radical (unpaired) electrons. The van der Waals surface area contributed by atoms with Crippen LogP contribution in [0.15, 0.2) is 150 Å². The summed E-state index contributed by atoms with van der Waals surface area (Å²) < 4.78 is 102. The average Bonchev–Trinajstić information content (AvgIpc) is 3.13. The fraction of sp³-hybridized carbons (Fsp3) is 0.0556. The molecule has 0 aliphatic heterocycles. The summed E-state index contributed by atoms with van der Waals surface area (Å²) in [5.41, 5.74) is 2.06. The van der Waals surface area contributed by atoms with E-state index in [0.717, 1.165) is 29.8 Å². The van der Waals surface area contributed by atoms with Crippen LogP contribution < -0.4 is 68.6 Å². The zero-order valence-corrected chi connectivity index (χ0v) is 37.4. The van der Waals surface area contributed by atoms with E-state index in [1.807, 2.05) is 6.92 Å². The normalized spacial score (nSPS) is 11.9. The minimum absolute atomic E-state index is 0. The molecule has 1 N–H and O–H groups in total. The van der Waals surface area contributed by atoms with E-state index < -0.39 is 50.8 Å². The molecular weight excluding hydrogens is 835 g/mol. The van der Waals surface area contributed by atoms with E-state index in [0.29, 0.717) is 28.4 Å². The Balaban J connectivity index is 0.00000372. The number of nitrogens with zero attached hydrogens (tertiary/aromatic N) is 5. The number of hydrogen-bond acceptors (Lipinski definition) is 16. The Kier molecular flexibility index (Phi) is 14.9. The van der Waals surface area contributed by atoms with Crippen molar-refractivity contribution in [3.8, 4) is 5.75 Å². The van der Waals surface area contributed by atoms with Gasteiger partial charge in [-0.25, -0.2) is 16.8 Å². The second-order valence-electron chi connectivity index (χ2n) is 12.0. The number of fused-ring (bicyclic) bond motifs is 1. The molecule has 0 spiro atoms. The van der Waals surface area contributed by atoms with Crippen LogP contribution in [-0.4, -0.2) is 39.3 Å². The number of rotatable bonds is 12. The molecule has 286 valence electrons. The van der Waals surface area contributed by atoms with Gasteiger partial charge in [0.1, 0.15) is 30.9 Å². The summed E-state index contributed by atoms with van der Waals surface area (Å²) in [6.07, 6.45) is 0. The van der Waals surface area contributed by atoms with Gasteiger partial charge in [0.25, 0.3) is 5.69 Å². The van der Waals surface area contributed by atoms with Crippen LogP contribution in [0, 0.1) is 24.0 Å². The summed E-state index contributed by atoms with van der Waals surface area (Å²) in [4.78, 5) is 8.91. The van der Waals surface area contributed by atoms with Gasteiger partial charge in [0.05, 0.1) is 43.2 Å². The monoisotopic (exact) mass is 860 g/mol. The van der Waals surface area contributed by atoms with Crippen molar-refractivity contribution < 1.29 is 103 Å². The average molecular weight is 861 g/mol. The standard InChI is InChI=1S/C36H28N6O11S3.2Na/c1-22-3-11-28(12-4-22)56(51,52)53-27-10-16-32(23(2)19-27)39-41-33-17-18-34(31-21-29(54(45,46)47)13-14-30(31)33)40-38-25-7-5-24(6-8-25)37-35-15-9-26(42(43)44)20-36(35)55(48,49)50;;/h3-21,37H,1-2H3,(H,45,46,47)(H,48,49,50);;/q;2*+1/p-2. The SMILES string of the molecule is Cc1ccc(S(=O)(=O)Oc2ccc(N=Nc3ccc(N=Nc4ccc(Nc5ccc([N+](=O)[O-])cc5S(=O)(=O)[O-])cc4)c4cc(S(=O)(=O)[O-])ccc34)c(C)c2)cc1.[Na+].[Na+]. The Morgan fingerprint density at radius 2 is 1.19 bits per heavy atom. The maximum atomic E-state index is 12.7. The van der Waals surface area contributed by atoms with Gasteiger partial charge in [-0.15, -0.1) is 10.2 Å². The Morgan fingerprint density at radius 1 is 0.603 bits per heavy atom. The molecule has 0 heterocycles. The van der Waals surface area contributed by atoms with Crippen LogP contribution in [0.2, 0.25) is 0 Å². The van der Waals surface area contributed by atoms with Crippen molar-refractivity contribution in [3.63, 3.8) is 0 Å². The van der Waals surface area contributed by atoms with Gasteiger partial charge in [-0.1, -0.05) is 23.8 Å². The third-order valence-corrected chi connectivity index (χ3v) is 11.0. The first kappa shape index (κ1) is 46.2. The number of aryl methyl sites for hydroxylation is 2. The zero-order chi connectivity index (χ0) is 40.4. The summed E-state index contributed by atoms with van der Waals surface area (Å²) in [5.74, 6) is 0.0628. The smallest absolute Gasteiger partial charge is 0.744 e. The van der Waals surface area contributed by atoms with Gasteiger partial charge in [-0.05, 0) is 104 Å². The number of nitro groups is 1. The quantitative estimate of drug-likeness (QED) is 0.0465. The molecule has 58 heavy (non-hydrogen) atoms. The van der Waals surface area contributed by atoms with E-state index in [4.69, 9.17) is 4.18 Å². The molecule has 17 nitrogen and oxygen atoms in total. The molecule has 6 aromatic rings. The van der Waals surface area contributed by atoms with Gasteiger partial charge >= 0.3 is 69.2 Å². The van der Waals surface area contributed by atoms with Crippen LogP contribution in [-0.2, 0) is 30.4 Å². The van der Waals surface area contributed by atoms with Crippen LogP contribution >= 0.6 is 0 Å². The molecule has 0 aliphatic rings. The van der Waals surface area contributed by atoms with E-state index in [1.165, 1.54) is 66.7 Å². The molecule has 0 saturated carbocycles. The molecule has 0 aliphatic carbocycles. The van der Waals surface area contributed by atoms with Crippen molar-refractivity contribution in [1.29, 1.82) is 0 Å². The van der Waals surface area contributed by atoms with Gasteiger partial charge in [0.15, 0.2) is 0 Å².